The van der Waals surface area contributed by atoms with Crippen LogP contribution in [0.25, 0.3) is 0 Å². The molecule has 1 fully saturated rings. The number of hydrogen-bond donors (Lipinski definition) is 2. The third-order valence-corrected chi connectivity index (χ3v) is 5.04. The Morgan fingerprint density at radius 3 is 2.75 bits per heavy atom. The summed E-state index contributed by atoms with van der Waals surface area (Å²) in [7, 11) is 0. The van der Waals surface area contributed by atoms with Crippen LogP contribution in [0.3, 0.4) is 0 Å². The molecule has 0 aromatic heterocycles. The van der Waals surface area contributed by atoms with Crippen LogP contribution in [-0.2, 0) is 4.79 Å². The van der Waals surface area contributed by atoms with Crippen molar-refractivity contribution in [3.63, 3.8) is 0 Å². The molecular weight excluding hydrogens is 268 g/mol. The third kappa shape index (κ3) is 4.84. The highest BCUT2D eigenvalue weighted by Crippen LogP contribution is 2.24. The molecule has 2 unspecified atom stereocenters. The molecule has 1 saturated heterocycles. The Balaban J connectivity index is 1.75. The lowest BCUT2D eigenvalue weighted by Gasteiger charge is -2.23. The summed E-state index contributed by atoms with van der Waals surface area (Å²) in [5.41, 5.74) is 2.06. The average Bonchev–Trinajstić information content (AvgIpc) is 2.48. The zero-order valence-electron chi connectivity index (χ0n) is 12.3. The van der Waals surface area contributed by atoms with Crippen molar-refractivity contribution >= 4 is 23.4 Å². The molecule has 1 heterocycles. The van der Waals surface area contributed by atoms with Gasteiger partial charge in [0.2, 0.25) is 5.91 Å². The summed E-state index contributed by atoms with van der Waals surface area (Å²) in [6, 6.07) is 7.74. The number of nitrogens with one attached hydrogen (secondary N) is 2. The smallest absolute Gasteiger partial charge is 0.241 e. The molecule has 1 aliphatic heterocycles. The second kappa shape index (κ2) is 7.70. The van der Waals surface area contributed by atoms with Gasteiger partial charge in [-0.2, -0.15) is 11.8 Å². The number of thioether (sulfide) groups is 1. The topological polar surface area (TPSA) is 41.1 Å². The van der Waals surface area contributed by atoms with E-state index in [-0.39, 0.29) is 11.9 Å². The van der Waals surface area contributed by atoms with Crippen LogP contribution >= 0.6 is 11.8 Å². The third-order valence-electron chi connectivity index (χ3n) is 3.64. The molecule has 0 bridgehead atoms. The van der Waals surface area contributed by atoms with Gasteiger partial charge in [-0.3, -0.25) is 4.79 Å². The minimum atomic E-state index is -0.154. The molecule has 2 rings (SSSR count). The summed E-state index contributed by atoms with van der Waals surface area (Å²) in [6.07, 6.45) is 3.93. The zero-order valence-corrected chi connectivity index (χ0v) is 13.1. The number of carbonyl (C=O) groups excluding carboxylic acids is 1. The van der Waals surface area contributed by atoms with E-state index < -0.39 is 0 Å². The molecule has 0 saturated carbocycles. The average molecular weight is 292 g/mol. The molecule has 1 aromatic carbocycles. The van der Waals surface area contributed by atoms with Crippen LogP contribution in [0.4, 0.5) is 5.69 Å². The van der Waals surface area contributed by atoms with E-state index in [1.165, 1.54) is 30.6 Å². The van der Waals surface area contributed by atoms with Gasteiger partial charge in [-0.15, -0.1) is 0 Å². The van der Waals surface area contributed by atoms with E-state index in [1.807, 2.05) is 49.9 Å². The Hall–Kier alpha value is -1.00. The predicted octanol–water partition coefficient (Wildman–Crippen LogP) is 3.20. The first-order valence-corrected chi connectivity index (χ1v) is 8.42. The van der Waals surface area contributed by atoms with E-state index in [2.05, 4.69) is 10.6 Å². The Kier molecular flexibility index (Phi) is 5.92. The molecule has 0 radical (unpaired) electrons. The van der Waals surface area contributed by atoms with E-state index in [4.69, 9.17) is 0 Å². The standard InChI is InChI=1S/C16H24N2OS/c1-12-6-8-14(9-7-12)18-16(19)13(2)17-11-15-5-3-4-10-20-15/h6-9,13,15,17H,3-5,10-11H2,1-2H3,(H,18,19). The molecule has 3 nitrogen and oxygen atoms in total. The summed E-state index contributed by atoms with van der Waals surface area (Å²) in [5, 5.41) is 6.96. The maximum Gasteiger partial charge on any atom is 0.241 e. The van der Waals surface area contributed by atoms with E-state index in [0.29, 0.717) is 5.25 Å². The molecule has 110 valence electrons. The molecule has 4 heteroatoms. The number of aryl methyl sites for hydroxylation is 1. The van der Waals surface area contributed by atoms with Crippen LogP contribution in [0, 0.1) is 6.92 Å². The van der Waals surface area contributed by atoms with Gasteiger partial charge in [-0.25, -0.2) is 0 Å². The maximum absolute atomic E-state index is 12.1. The fraction of sp³-hybridized carbons (Fsp3) is 0.562. The largest absolute Gasteiger partial charge is 0.325 e. The van der Waals surface area contributed by atoms with Crippen LogP contribution < -0.4 is 10.6 Å². The van der Waals surface area contributed by atoms with Crippen molar-refractivity contribution in [2.75, 3.05) is 17.6 Å². The Labute approximate surface area is 125 Å². The second-order valence-electron chi connectivity index (χ2n) is 5.47. The number of hydrogen-bond acceptors (Lipinski definition) is 3. The van der Waals surface area contributed by atoms with Crippen molar-refractivity contribution in [1.29, 1.82) is 0 Å². The highest BCUT2D eigenvalue weighted by atomic mass is 32.2. The van der Waals surface area contributed by atoms with Crippen LogP contribution in [0.15, 0.2) is 24.3 Å². The lowest BCUT2D eigenvalue weighted by Crippen LogP contribution is -2.41. The maximum atomic E-state index is 12.1. The van der Waals surface area contributed by atoms with Gasteiger partial charge in [0.05, 0.1) is 6.04 Å². The number of anilines is 1. The van der Waals surface area contributed by atoms with Gasteiger partial charge in [-0.1, -0.05) is 24.1 Å². The van der Waals surface area contributed by atoms with E-state index in [9.17, 15) is 4.79 Å². The molecule has 1 aromatic rings. The normalized spacial score (nSPS) is 20.4. The Morgan fingerprint density at radius 2 is 2.10 bits per heavy atom. The van der Waals surface area contributed by atoms with Gasteiger partial charge >= 0.3 is 0 Å². The van der Waals surface area contributed by atoms with Gasteiger partial charge in [0, 0.05) is 17.5 Å². The Bertz CT molecular complexity index is 427. The first kappa shape index (κ1) is 15.4. The van der Waals surface area contributed by atoms with Crippen LogP contribution in [0.2, 0.25) is 0 Å². The number of amides is 1. The van der Waals surface area contributed by atoms with Crippen molar-refractivity contribution in [1.82, 2.24) is 5.32 Å². The lowest BCUT2D eigenvalue weighted by atomic mass is 10.2. The van der Waals surface area contributed by atoms with Crippen molar-refractivity contribution in [2.45, 2.75) is 44.4 Å². The molecule has 0 spiro atoms. The lowest BCUT2D eigenvalue weighted by molar-refractivity contribution is -0.117. The highest BCUT2D eigenvalue weighted by Gasteiger charge is 2.17. The van der Waals surface area contributed by atoms with Gasteiger partial charge in [-0.05, 0) is 44.6 Å². The SMILES string of the molecule is Cc1ccc(NC(=O)C(C)NCC2CCCCS2)cc1. The summed E-state index contributed by atoms with van der Waals surface area (Å²) in [5.74, 6) is 1.30. The second-order valence-corrected chi connectivity index (χ2v) is 6.88. The first-order chi connectivity index (χ1) is 9.65. The zero-order chi connectivity index (χ0) is 14.4. The van der Waals surface area contributed by atoms with Crippen molar-refractivity contribution in [2.24, 2.45) is 0 Å². The summed E-state index contributed by atoms with van der Waals surface area (Å²) < 4.78 is 0. The van der Waals surface area contributed by atoms with E-state index in [0.717, 1.165) is 12.2 Å². The fourth-order valence-electron chi connectivity index (χ4n) is 2.26. The Morgan fingerprint density at radius 1 is 1.35 bits per heavy atom. The number of carbonyl (C=O) groups is 1. The monoisotopic (exact) mass is 292 g/mol. The van der Waals surface area contributed by atoms with Crippen molar-refractivity contribution < 1.29 is 4.79 Å². The summed E-state index contributed by atoms with van der Waals surface area (Å²) in [6.45, 7) is 4.89. The van der Waals surface area contributed by atoms with Gasteiger partial charge in [0.25, 0.3) is 0 Å². The van der Waals surface area contributed by atoms with Crippen molar-refractivity contribution in [3.05, 3.63) is 29.8 Å². The van der Waals surface area contributed by atoms with E-state index >= 15 is 0 Å². The fourth-order valence-corrected chi connectivity index (χ4v) is 3.51. The first-order valence-electron chi connectivity index (χ1n) is 7.37. The molecule has 1 aliphatic rings. The molecule has 2 atom stereocenters. The van der Waals surface area contributed by atoms with Crippen LogP contribution in [0.1, 0.15) is 31.7 Å². The van der Waals surface area contributed by atoms with Crippen molar-refractivity contribution in [3.8, 4) is 0 Å². The number of benzene rings is 1. The molecule has 2 N–H and O–H groups in total. The van der Waals surface area contributed by atoms with Gasteiger partial charge in [0.15, 0.2) is 0 Å². The molecule has 1 amide bonds. The minimum absolute atomic E-state index is 0.0367. The minimum Gasteiger partial charge on any atom is -0.325 e. The van der Waals surface area contributed by atoms with Crippen LogP contribution in [0.5, 0.6) is 0 Å². The van der Waals surface area contributed by atoms with Crippen LogP contribution in [-0.4, -0.2) is 29.5 Å². The number of rotatable bonds is 5. The summed E-state index contributed by atoms with van der Waals surface area (Å²) in [4.78, 5) is 12.1. The quantitative estimate of drug-likeness (QED) is 0.875. The molecule has 20 heavy (non-hydrogen) atoms. The highest BCUT2D eigenvalue weighted by molar-refractivity contribution is 7.99. The molecular formula is C16H24N2OS. The summed E-state index contributed by atoms with van der Waals surface area (Å²) >= 11 is 2.03. The van der Waals surface area contributed by atoms with Gasteiger partial charge in [0.1, 0.15) is 0 Å². The van der Waals surface area contributed by atoms with Gasteiger partial charge < -0.3 is 10.6 Å². The van der Waals surface area contributed by atoms with E-state index in [1.54, 1.807) is 0 Å². The molecule has 0 aliphatic carbocycles. The predicted molar refractivity (Wildman–Crippen MR) is 87.4 cm³/mol.